The Bertz CT molecular complexity index is 586. The van der Waals surface area contributed by atoms with E-state index in [-0.39, 0.29) is 6.09 Å². The standard InChI is InChI=1S/C16H27N5O2S/c1-5-13-19-12(11-24-13)10-18-14(17)20-6-8-21(9-7-20)15(22)23-16(2,3)4/h11H,5-10H2,1-4H3,(H2,17,18). The molecule has 0 aromatic carbocycles. The predicted molar refractivity (Wildman–Crippen MR) is 96.2 cm³/mol. The number of carbonyl (C=O) groups is 1. The van der Waals surface area contributed by atoms with Gasteiger partial charge in [0.05, 0.1) is 17.2 Å². The van der Waals surface area contributed by atoms with Gasteiger partial charge in [-0.15, -0.1) is 11.3 Å². The molecule has 0 spiro atoms. The lowest BCUT2D eigenvalue weighted by Gasteiger charge is -2.36. The van der Waals surface area contributed by atoms with Crippen molar-refractivity contribution in [3.05, 3.63) is 16.1 Å². The summed E-state index contributed by atoms with van der Waals surface area (Å²) in [6.45, 7) is 10.7. The molecule has 2 heterocycles. The van der Waals surface area contributed by atoms with Crippen molar-refractivity contribution >= 4 is 23.4 Å². The number of hydrogen-bond acceptors (Lipinski definition) is 5. The highest BCUT2D eigenvalue weighted by Gasteiger charge is 2.26. The van der Waals surface area contributed by atoms with Gasteiger partial charge in [-0.25, -0.2) is 14.8 Å². The number of rotatable bonds is 3. The number of hydrogen-bond donors (Lipinski definition) is 1. The molecule has 7 nitrogen and oxygen atoms in total. The van der Waals surface area contributed by atoms with E-state index in [4.69, 9.17) is 10.5 Å². The number of aromatic nitrogens is 1. The Morgan fingerprint density at radius 1 is 1.33 bits per heavy atom. The summed E-state index contributed by atoms with van der Waals surface area (Å²) in [5.74, 6) is 0.505. The maximum absolute atomic E-state index is 12.0. The summed E-state index contributed by atoms with van der Waals surface area (Å²) in [6, 6.07) is 0. The van der Waals surface area contributed by atoms with Gasteiger partial charge in [0.1, 0.15) is 5.60 Å². The highest BCUT2D eigenvalue weighted by molar-refractivity contribution is 7.09. The van der Waals surface area contributed by atoms with E-state index in [1.807, 2.05) is 31.1 Å². The summed E-state index contributed by atoms with van der Waals surface area (Å²) in [6.07, 6.45) is 0.670. The van der Waals surface area contributed by atoms with Crippen LogP contribution >= 0.6 is 11.3 Å². The second-order valence-corrected chi connectivity index (χ2v) is 7.66. The van der Waals surface area contributed by atoms with Crippen LogP contribution in [-0.4, -0.2) is 58.6 Å². The Kier molecular flexibility index (Phi) is 6.04. The van der Waals surface area contributed by atoms with Gasteiger partial charge in [-0.2, -0.15) is 0 Å². The van der Waals surface area contributed by atoms with Gasteiger partial charge in [0.2, 0.25) is 0 Å². The molecule has 0 aliphatic carbocycles. The minimum absolute atomic E-state index is 0.271. The molecule has 0 bridgehead atoms. The second-order valence-electron chi connectivity index (χ2n) is 6.72. The van der Waals surface area contributed by atoms with Gasteiger partial charge in [0.15, 0.2) is 5.96 Å². The summed E-state index contributed by atoms with van der Waals surface area (Å²) < 4.78 is 5.39. The second kappa shape index (κ2) is 7.83. The smallest absolute Gasteiger partial charge is 0.410 e. The predicted octanol–water partition coefficient (Wildman–Crippen LogP) is 2.07. The lowest BCUT2D eigenvalue weighted by molar-refractivity contribution is 0.0186. The monoisotopic (exact) mass is 353 g/mol. The molecule has 0 saturated carbocycles. The number of nitrogens with two attached hydrogens (primary N) is 1. The van der Waals surface area contributed by atoms with Gasteiger partial charge in [0.25, 0.3) is 0 Å². The van der Waals surface area contributed by atoms with Crippen LogP contribution in [-0.2, 0) is 17.7 Å². The molecule has 0 atom stereocenters. The van der Waals surface area contributed by atoms with Crippen molar-refractivity contribution in [3.8, 4) is 0 Å². The van der Waals surface area contributed by atoms with Crippen LogP contribution in [0.3, 0.4) is 0 Å². The molecule has 0 radical (unpaired) electrons. The number of piperazine rings is 1. The molecule has 1 aromatic rings. The molecule has 1 fully saturated rings. The number of aliphatic imine (C=N–C) groups is 1. The first-order valence-corrected chi connectivity index (χ1v) is 9.12. The minimum atomic E-state index is -0.473. The number of amides is 1. The zero-order chi connectivity index (χ0) is 17.7. The Hall–Kier alpha value is -1.83. The Balaban J connectivity index is 1.82. The fourth-order valence-corrected chi connectivity index (χ4v) is 3.03. The number of guanidine groups is 1. The van der Waals surface area contributed by atoms with Crippen LogP contribution < -0.4 is 5.73 Å². The highest BCUT2D eigenvalue weighted by Crippen LogP contribution is 2.13. The summed E-state index contributed by atoms with van der Waals surface area (Å²) in [5, 5.41) is 3.14. The Morgan fingerprint density at radius 2 is 1.96 bits per heavy atom. The van der Waals surface area contributed by atoms with Gasteiger partial charge in [0, 0.05) is 31.6 Å². The van der Waals surface area contributed by atoms with Crippen molar-refractivity contribution in [2.24, 2.45) is 10.7 Å². The normalized spacial score (nSPS) is 16.4. The molecule has 1 aliphatic heterocycles. The van der Waals surface area contributed by atoms with Gasteiger partial charge in [-0.05, 0) is 27.2 Å². The summed E-state index contributed by atoms with van der Waals surface area (Å²) >= 11 is 1.65. The molecular formula is C16H27N5O2S. The molecule has 24 heavy (non-hydrogen) atoms. The first kappa shape index (κ1) is 18.5. The van der Waals surface area contributed by atoms with Crippen LogP contribution in [0.1, 0.15) is 38.4 Å². The van der Waals surface area contributed by atoms with Crippen LogP contribution in [0.15, 0.2) is 10.4 Å². The van der Waals surface area contributed by atoms with E-state index in [0.717, 1.165) is 17.1 Å². The zero-order valence-electron chi connectivity index (χ0n) is 14.9. The molecule has 1 aliphatic rings. The van der Waals surface area contributed by atoms with Crippen molar-refractivity contribution in [1.82, 2.24) is 14.8 Å². The molecule has 1 saturated heterocycles. The van der Waals surface area contributed by atoms with E-state index < -0.39 is 5.60 Å². The topological polar surface area (TPSA) is 84.0 Å². The fraction of sp³-hybridized carbons (Fsp3) is 0.688. The molecular weight excluding hydrogens is 326 g/mol. The van der Waals surface area contributed by atoms with Crippen molar-refractivity contribution in [2.75, 3.05) is 26.2 Å². The molecule has 8 heteroatoms. The van der Waals surface area contributed by atoms with Gasteiger partial charge in [-0.3, -0.25) is 0 Å². The van der Waals surface area contributed by atoms with Crippen LogP contribution in [0.5, 0.6) is 0 Å². The van der Waals surface area contributed by atoms with Crippen molar-refractivity contribution in [3.63, 3.8) is 0 Å². The third kappa shape index (κ3) is 5.36. The van der Waals surface area contributed by atoms with E-state index in [9.17, 15) is 4.79 Å². The fourth-order valence-electron chi connectivity index (χ4n) is 2.29. The number of thiazole rings is 1. The van der Waals surface area contributed by atoms with Crippen LogP contribution in [0.4, 0.5) is 4.79 Å². The molecule has 2 rings (SSSR count). The summed E-state index contributed by atoms with van der Waals surface area (Å²) in [4.78, 5) is 24.7. The van der Waals surface area contributed by atoms with E-state index in [1.54, 1.807) is 16.2 Å². The lowest BCUT2D eigenvalue weighted by Crippen LogP contribution is -2.53. The quantitative estimate of drug-likeness (QED) is 0.664. The van der Waals surface area contributed by atoms with Gasteiger partial charge >= 0.3 is 6.09 Å². The average Bonchev–Trinajstić information content (AvgIpc) is 2.99. The third-order valence-electron chi connectivity index (χ3n) is 3.56. The molecule has 1 amide bonds. The third-order valence-corrected chi connectivity index (χ3v) is 4.60. The molecule has 134 valence electrons. The van der Waals surface area contributed by atoms with Crippen LogP contribution in [0.25, 0.3) is 0 Å². The number of carbonyl (C=O) groups excluding carboxylic acids is 1. The van der Waals surface area contributed by atoms with Gasteiger partial charge < -0.3 is 20.3 Å². The van der Waals surface area contributed by atoms with Crippen LogP contribution in [0.2, 0.25) is 0 Å². The highest BCUT2D eigenvalue weighted by atomic mass is 32.1. The van der Waals surface area contributed by atoms with E-state index in [1.165, 1.54) is 0 Å². The lowest BCUT2D eigenvalue weighted by atomic mass is 10.2. The number of nitrogens with zero attached hydrogens (tertiary/aromatic N) is 4. The first-order valence-electron chi connectivity index (χ1n) is 8.24. The van der Waals surface area contributed by atoms with Crippen molar-refractivity contribution in [2.45, 2.75) is 46.3 Å². The summed E-state index contributed by atoms with van der Waals surface area (Å²) in [5.41, 5.74) is 6.55. The maximum atomic E-state index is 12.0. The number of aryl methyl sites for hydroxylation is 1. The molecule has 1 aromatic heterocycles. The molecule has 2 N–H and O–H groups in total. The summed E-state index contributed by atoms with van der Waals surface area (Å²) in [7, 11) is 0. The van der Waals surface area contributed by atoms with E-state index in [2.05, 4.69) is 16.9 Å². The SMILES string of the molecule is CCc1nc(CN=C(N)N2CCN(C(=O)OC(C)(C)C)CC2)cs1. The van der Waals surface area contributed by atoms with E-state index >= 15 is 0 Å². The van der Waals surface area contributed by atoms with Crippen LogP contribution in [0, 0.1) is 0 Å². The molecule has 0 unspecified atom stereocenters. The largest absolute Gasteiger partial charge is 0.444 e. The van der Waals surface area contributed by atoms with Crippen molar-refractivity contribution in [1.29, 1.82) is 0 Å². The van der Waals surface area contributed by atoms with Gasteiger partial charge in [-0.1, -0.05) is 6.92 Å². The minimum Gasteiger partial charge on any atom is -0.444 e. The zero-order valence-corrected chi connectivity index (χ0v) is 15.7. The average molecular weight is 353 g/mol. The first-order chi connectivity index (χ1) is 11.3. The Morgan fingerprint density at radius 3 is 2.50 bits per heavy atom. The van der Waals surface area contributed by atoms with E-state index in [0.29, 0.717) is 38.7 Å². The number of ether oxygens (including phenoxy) is 1. The van der Waals surface area contributed by atoms with Crippen molar-refractivity contribution < 1.29 is 9.53 Å². The maximum Gasteiger partial charge on any atom is 0.410 e. The Labute approximate surface area is 147 Å².